The molecule has 0 aliphatic rings. The Hall–Kier alpha value is -1.58. The summed E-state index contributed by atoms with van der Waals surface area (Å²) in [5.74, 6) is 1.52. The number of rotatable bonds is 8. The molecule has 0 unspecified atom stereocenters. The van der Waals surface area contributed by atoms with Gasteiger partial charge >= 0.3 is 0 Å². The second-order valence-electron chi connectivity index (χ2n) is 4.72. The van der Waals surface area contributed by atoms with Crippen LogP contribution in [0.3, 0.4) is 0 Å². The smallest absolute Gasteiger partial charge is 0.138 e. The molecule has 22 heavy (non-hydrogen) atoms. The highest BCUT2D eigenvalue weighted by Crippen LogP contribution is 2.27. The van der Waals surface area contributed by atoms with Crippen LogP contribution >= 0.6 is 23.2 Å². The Morgan fingerprint density at radius 1 is 0.955 bits per heavy atom. The van der Waals surface area contributed by atoms with E-state index in [0.29, 0.717) is 28.9 Å². The van der Waals surface area contributed by atoms with E-state index in [-0.39, 0.29) is 0 Å². The van der Waals surface area contributed by atoms with Gasteiger partial charge in [-0.3, -0.25) is 0 Å². The lowest BCUT2D eigenvalue weighted by molar-refractivity contribution is 0.317. The highest BCUT2D eigenvalue weighted by atomic mass is 35.5. The SMILES string of the molecule is CCCOc1ccc(NCCOc2ccc(Cl)cc2Cl)cc1. The Balaban J connectivity index is 1.74. The maximum absolute atomic E-state index is 6.04. The molecule has 0 atom stereocenters. The molecule has 1 N–H and O–H groups in total. The first-order valence-electron chi connectivity index (χ1n) is 7.23. The molecule has 5 heteroatoms. The molecule has 2 aromatic carbocycles. The van der Waals surface area contributed by atoms with E-state index in [9.17, 15) is 0 Å². The van der Waals surface area contributed by atoms with Gasteiger partial charge in [0, 0.05) is 17.3 Å². The first kappa shape index (κ1) is 16.8. The summed E-state index contributed by atoms with van der Waals surface area (Å²) < 4.78 is 11.2. The van der Waals surface area contributed by atoms with E-state index in [1.165, 1.54) is 0 Å². The number of ether oxygens (including phenoxy) is 2. The average Bonchev–Trinajstić information content (AvgIpc) is 2.52. The number of hydrogen-bond acceptors (Lipinski definition) is 3. The van der Waals surface area contributed by atoms with Gasteiger partial charge in [0.25, 0.3) is 0 Å². The van der Waals surface area contributed by atoms with Crippen LogP contribution in [0, 0.1) is 0 Å². The van der Waals surface area contributed by atoms with Crippen LogP contribution in [0.15, 0.2) is 42.5 Å². The van der Waals surface area contributed by atoms with Gasteiger partial charge in [0.05, 0.1) is 11.6 Å². The predicted molar refractivity (Wildman–Crippen MR) is 92.7 cm³/mol. The van der Waals surface area contributed by atoms with Gasteiger partial charge < -0.3 is 14.8 Å². The molecule has 0 bridgehead atoms. The minimum Gasteiger partial charge on any atom is -0.494 e. The van der Waals surface area contributed by atoms with Crippen LogP contribution < -0.4 is 14.8 Å². The summed E-state index contributed by atoms with van der Waals surface area (Å²) >= 11 is 11.9. The van der Waals surface area contributed by atoms with Crippen LogP contribution in [0.4, 0.5) is 5.69 Å². The molecular formula is C17H19Cl2NO2. The third-order valence-corrected chi connectivity index (χ3v) is 3.44. The van der Waals surface area contributed by atoms with Crippen LogP contribution in [0.25, 0.3) is 0 Å². The predicted octanol–water partition coefficient (Wildman–Crippen LogP) is 5.27. The number of anilines is 1. The van der Waals surface area contributed by atoms with E-state index < -0.39 is 0 Å². The van der Waals surface area contributed by atoms with E-state index in [0.717, 1.165) is 24.5 Å². The quantitative estimate of drug-likeness (QED) is 0.664. The fourth-order valence-electron chi connectivity index (χ4n) is 1.84. The molecule has 118 valence electrons. The first-order chi connectivity index (χ1) is 10.7. The molecule has 0 aliphatic carbocycles. The van der Waals surface area contributed by atoms with E-state index in [1.54, 1.807) is 18.2 Å². The van der Waals surface area contributed by atoms with Gasteiger partial charge in [0.15, 0.2) is 0 Å². The minimum atomic E-state index is 0.509. The van der Waals surface area contributed by atoms with Gasteiger partial charge in [-0.1, -0.05) is 30.1 Å². The highest BCUT2D eigenvalue weighted by molar-refractivity contribution is 6.35. The van der Waals surface area contributed by atoms with Gasteiger partial charge in [-0.25, -0.2) is 0 Å². The molecule has 2 rings (SSSR count). The standard InChI is InChI=1S/C17H19Cl2NO2/c1-2-10-21-15-6-4-14(5-7-15)20-9-11-22-17-8-3-13(18)12-16(17)19/h3-8,12,20H,2,9-11H2,1H3. The summed E-state index contributed by atoms with van der Waals surface area (Å²) in [5, 5.41) is 4.40. The molecule has 0 radical (unpaired) electrons. The molecule has 0 aliphatic heterocycles. The zero-order chi connectivity index (χ0) is 15.8. The topological polar surface area (TPSA) is 30.5 Å². The fraction of sp³-hybridized carbons (Fsp3) is 0.294. The van der Waals surface area contributed by atoms with Crippen LogP contribution in [-0.4, -0.2) is 19.8 Å². The number of benzene rings is 2. The lowest BCUT2D eigenvalue weighted by Gasteiger charge is -2.10. The molecule has 0 heterocycles. The summed E-state index contributed by atoms with van der Waals surface area (Å²) in [5.41, 5.74) is 1.02. The van der Waals surface area contributed by atoms with E-state index in [2.05, 4.69) is 12.2 Å². The molecule has 0 spiro atoms. The average molecular weight is 340 g/mol. The molecular weight excluding hydrogens is 321 g/mol. The van der Waals surface area contributed by atoms with Crippen molar-refractivity contribution in [1.82, 2.24) is 0 Å². The third kappa shape index (κ3) is 5.32. The molecule has 0 amide bonds. The van der Waals surface area contributed by atoms with Crippen molar-refractivity contribution in [1.29, 1.82) is 0 Å². The molecule has 0 saturated heterocycles. The van der Waals surface area contributed by atoms with Crippen molar-refractivity contribution in [3.8, 4) is 11.5 Å². The van der Waals surface area contributed by atoms with Crippen molar-refractivity contribution in [2.45, 2.75) is 13.3 Å². The van der Waals surface area contributed by atoms with Crippen molar-refractivity contribution in [2.24, 2.45) is 0 Å². The van der Waals surface area contributed by atoms with E-state index >= 15 is 0 Å². The molecule has 0 fully saturated rings. The lowest BCUT2D eigenvalue weighted by atomic mass is 10.3. The molecule has 2 aromatic rings. The Labute approximate surface area is 141 Å². The molecule has 3 nitrogen and oxygen atoms in total. The summed E-state index contributed by atoms with van der Waals surface area (Å²) in [6.07, 6.45) is 1.00. The third-order valence-electron chi connectivity index (χ3n) is 2.91. The zero-order valence-corrected chi connectivity index (χ0v) is 14.0. The van der Waals surface area contributed by atoms with Gasteiger partial charge in [0.2, 0.25) is 0 Å². The van der Waals surface area contributed by atoms with Crippen molar-refractivity contribution >= 4 is 28.9 Å². The second-order valence-corrected chi connectivity index (χ2v) is 5.57. The number of nitrogens with one attached hydrogen (secondary N) is 1. The highest BCUT2D eigenvalue weighted by Gasteiger charge is 2.02. The van der Waals surface area contributed by atoms with Crippen molar-refractivity contribution in [2.75, 3.05) is 25.1 Å². The van der Waals surface area contributed by atoms with Gasteiger partial charge in [0.1, 0.15) is 18.1 Å². The number of halogens is 2. The van der Waals surface area contributed by atoms with Crippen LogP contribution in [-0.2, 0) is 0 Å². The van der Waals surface area contributed by atoms with Crippen LogP contribution in [0.1, 0.15) is 13.3 Å². The van der Waals surface area contributed by atoms with Gasteiger partial charge in [-0.15, -0.1) is 0 Å². The Morgan fingerprint density at radius 2 is 1.73 bits per heavy atom. The summed E-state index contributed by atoms with van der Waals surface area (Å²) in [6.45, 7) is 4.01. The zero-order valence-electron chi connectivity index (χ0n) is 12.4. The monoisotopic (exact) mass is 339 g/mol. The minimum absolute atomic E-state index is 0.509. The first-order valence-corrected chi connectivity index (χ1v) is 7.99. The van der Waals surface area contributed by atoms with E-state index in [4.69, 9.17) is 32.7 Å². The van der Waals surface area contributed by atoms with Crippen LogP contribution in [0.5, 0.6) is 11.5 Å². The maximum Gasteiger partial charge on any atom is 0.138 e. The van der Waals surface area contributed by atoms with Crippen molar-refractivity contribution in [3.63, 3.8) is 0 Å². The fourth-order valence-corrected chi connectivity index (χ4v) is 2.30. The van der Waals surface area contributed by atoms with Gasteiger partial charge in [-0.05, 0) is 48.9 Å². The normalized spacial score (nSPS) is 10.3. The van der Waals surface area contributed by atoms with Crippen molar-refractivity contribution < 1.29 is 9.47 Å². The van der Waals surface area contributed by atoms with Crippen LogP contribution in [0.2, 0.25) is 10.0 Å². The summed E-state index contributed by atoms with van der Waals surface area (Å²) in [7, 11) is 0. The lowest BCUT2D eigenvalue weighted by Crippen LogP contribution is -2.11. The largest absolute Gasteiger partial charge is 0.494 e. The Bertz CT molecular complexity index is 588. The summed E-state index contributed by atoms with van der Waals surface area (Å²) in [4.78, 5) is 0. The number of hydrogen-bond donors (Lipinski definition) is 1. The molecule has 0 saturated carbocycles. The Morgan fingerprint density at radius 3 is 2.41 bits per heavy atom. The Kier molecular flexibility index (Phi) is 6.69. The van der Waals surface area contributed by atoms with Crippen molar-refractivity contribution in [3.05, 3.63) is 52.5 Å². The maximum atomic E-state index is 6.04. The van der Waals surface area contributed by atoms with E-state index in [1.807, 2.05) is 24.3 Å². The summed E-state index contributed by atoms with van der Waals surface area (Å²) in [6, 6.07) is 13.1. The second kappa shape index (κ2) is 8.76. The van der Waals surface area contributed by atoms with Gasteiger partial charge in [-0.2, -0.15) is 0 Å². The molecule has 0 aromatic heterocycles.